The predicted octanol–water partition coefficient (Wildman–Crippen LogP) is 3.55. The maximum Gasteiger partial charge on any atom is 0.304 e. The molecular formula is C12H15BrO3S. The number of benzene rings is 1. The van der Waals surface area contributed by atoms with Crippen molar-refractivity contribution in [3.05, 3.63) is 28.2 Å². The molecule has 0 aliphatic rings. The number of carbonyl (C=O) groups is 1. The maximum absolute atomic E-state index is 10.6. The van der Waals surface area contributed by atoms with Gasteiger partial charge in [0.25, 0.3) is 0 Å². The highest BCUT2D eigenvalue weighted by Gasteiger charge is 2.10. The number of rotatable bonds is 6. The summed E-state index contributed by atoms with van der Waals surface area (Å²) in [5.74, 6) is 0.825. The Morgan fingerprint density at radius 1 is 1.59 bits per heavy atom. The second kappa shape index (κ2) is 6.91. The van der Waals surface area contributed by atoms with Crippen LogP contribution in [-0.2, 0) is 10.5 Å². The SMILES string of the molecule is COc1ccc(Br)cc1CSC(C)CC(=O)O. The Morgan fingerprint density at radius 2 is 2.29 bits per heavy atom. The van der Waals surface area contributed by atoms with Gasteiger partial charge in [-0.25, -0.2) is 0 Å². The molecule has 0 spiro atoms. The lowest BCUT2D eigenvalue weighted by molar-refractivity contribution is -0.136. The minimum absolute atomic E-state index is 0.0937. The molecule has 1 aromatic carbocycles. The lowest BCUT2D eigenvalue weighted by atomic mass is 10.2. The number of methoxy groups -OCH3 is 1. The Kier molecular flexibility index (Phi) is 5.85. The molecule has 94 valence electrons. The lowest BCUT2D eigenvalue weighted by Crippen LogP contribution is -2.06. The number of carboxylic acid groups (broad SMARTS) is 1. The predicted molar refractivity (Wildman–Crippen MR) is 73.7 cm³/mol. The van der Waals surface area contributed by atoms with Crippen molar-refractivity contribution in [3.8, 4) is 5.75 Å². The van der Waals surface area contributed by atoms with Gasteiger partial charge in [0, 0.05) is 21.0 Å². The average Bonchev–Trinajstić information content (AvgIpc) is 2.25. The molecule has 0 heterocycles. The number of aliphatic carboxylic acids is 1. The zero-order valence-corrected chi connectivity index (χ0v) is 12.2. The minimum Gasteiger partial charge on any atom is -0.496 e. The van der Waals surface area contributed by atoms with Gasteiger partial charge < -0.3 is 9.84 Å². The van der Waals surface area contributed by atoms with E-state index in [0.717, 1.165) is 21.5 Å². The maximum atomic E-state index is 10.6. The van der Waals surface area contributed by atoms with Gasteiger partial charge in [-0.05, 0) is 18.2 Å². The Bertz CT molecular complexity index is 395. The van der Waals surface area contributed by atoms with Crippen LogP contribution in [0.1, 0.15) is 18.9 Å². The summed E-state index contributed by atoms with van der Waals surface area (Å²) in [5, 5.41) is 8.77. The monoisotopic (exact) mass is 318 g/mol. The molecule has 0 amide bonds. The van der Waals surface area contributed by atoms with Crippen LogP contribution in [0, 0.1) is 0 Å². The third-order valence-corrected chi connectivity index (χ3v) is 3.93. The molecule has 0 saturated carbocycles. The van der Waals surface area contributed by atoms with E-state index in [1.807, 2.05) is 25.1 Å². The summed E-state index contributed by atoms with van der Waals surface area (Å²) in [6.07, 6.45) is 0.182. The van der Waals surface area contributed by atoms with Gasteiger partial charge in [-0.3, -0.25) is 4.79 Å². The molecule has 1 unspecified atom stereocenters. The van der Waals surface area contributed by atoms with Crippen molar-refractivity contribution < 1.29 is 14.6 Å². The first-order valence-electron chi connectivity index (χ1n) is 5.18. The first-order chi connectivity index (χ1) is 8.02. The minimum atomic E-state index is -0.758. The summed E-state index contributed by atoms with van der Waals surface area (Å²) in [6, 6.07) is 5.83. The van der Waals surface area contributed by atoms with Crippen molar-refractivity contribution in [1.29, 1.82) is 0 Å². The van der Waals surface area contributed by atoms with Crippen molar-refractivity contribution in [2.75, 3.05) is 7.11 Å². The van der Waals surface area contributed by atoms with Crippen molar-refractivity contribution in [3.63, 3.8) is 0 Å². The fourth-order valence-corrected chi connectivity index (χ4v) is 2.76. The van der Waals surface area contributed by atoms with Gasteiger partial charge in [0.2, 0.25) is 0 Å². The zero-order chi connectivity index (χ0) is 12.8. The number of carboxylic acids is 1. The van der Waals surface area contributed by atoms with Crippen LogP contribution in [0.25, 0.3) is 0 Å². The van der Waals surface area contributed by atoms with Crippen molar-refractivity contribution in [2.45, 2.75) is 24.3 Å². The van der Waals surface area contributed by atoms with Gasteiger partial charge in [-0.15, -0.1) is 0 Å². The molecule has 3 nitrogen and oxygen atoms in total. The lowest BCUT2D eigenvalue weighted by Gasteiger charge is -2.11. The Morgan fingerprint density at radius 3 is 2.88 bits per heavy atom. The first-order valence-corrected chi connectivity index (χ1v) is 7.03. The van der Waals surface area contributed by atoms with Crippen molar-refractivity contribution in [1.82, 2.24) is 0 Å². The van der Waals surface area contributed by atoms with Crippen LogP contribution in [0.15, 0.2) is 22.7 Å². The summed E-state index contributed by atoms with van der Waals surface area (Å²) >= 11 is 5.03. The van der Waals surface area contributed by atoms with E-state index in [4.69, 9.17) is 9.84 Å². The van der Waals surface area contributed by atoms with Crippen LogP contribution in [0.3, 0.4) is 0 Å². The fourth-order valence-electron chi connectivity index (χ4n) is 1.40. The molecule has 1 N–H and O–H groups in total. The van der Waals surface area contributed by atoms with Gasteiger partial charge in [0.05, 0.1) is 13.5 Å². The molecule has 17 heavy (non-hydrogen) atoms. The summed E-state index contributed by atoms with van der Waals surface area (Å²) in [5.41, 5.74) is 1.07. The second-order valence-corrected chi connectivity index (χ2v) is 6.02. The van der Waals surface area contributed by atoms with E-state index >= 15 is 0 Å². The molecule has 0 aliphatic carbocycles. The van der Waals surface area contributed by atoms with E-state index in [2.05, 4.69) is 15.9 Å². The third-order valence-electron chi connectivity index (χ3n) is 2.23. The molecule has 0 aromatic heterocycles. The van der Waals surface area contributed by atoms with Crippen LogP contribution in [0.5, 0.6) is 5.75 Å². The van der Waals surface area contributed by atoms with Crippen LogP contribution in [0.2, 0.25) is 0 Å². The fraction of sp³-hybridized carbons (Fsp3) is 0.417. The molecule has 1 aromatic rings. The molecule has 1 atom stereocenters. The third kappa shape index (κ3) is 5.00. The van der Waals surface area contributed by atoms with Gasteiger partial charge in [0.1, 0.15) is 5.75 Å². The number of ether oxygens (including phenoxy) is 1. The molecule has 0 radical (unpaired) electrons. The number of halogens is 1. The van der Waals surface area contributed by atoms with E-state index in [1.165, 1.54) is 0 Å². The number of hydrogen-bond donors (Lipinski definition) is 1. The smallest absolute Gasteiger partial charge is 0.304 e. The largest absolute Gasteiger partial charge is 0.496 e. The topological polar surface area (TPSA) is 46.5 Å². The summed E-state index contributed by atoms with van der Waals surface area (Å²) in [4.78, 5) is 10.6. The standard InChI is InChI=1S/C12H15BrO3S/c1-8(5-12(14)15)17-7-9-6-10(13)3-4-11(9)16-2/h3-4,6,8H,5,7H2,1-2H3,(H,14,15). The highest BCUT2D eigenvalue weighted by molar-refractivity contribution is 9.10. The summed E-state index contributed by atoms with van der Waals surface area (Å²) in [7, 11) is 1.64. The molecular weight excluding hydrogens is 304 g/mol. The van der Waals surface area contributed by atoms with Gasteiger partial charge in [-0.1, -0.05) is 22.9 Å². The molecule has 1 rings (SSSR count). The van der Waals surface area contributed by atoms with Gasteiger partial charge in [0.15, 0.2) is 0 Å². The van der Waals surface area contributed by atoms with Gasteiger partial charge >= 0.3 is 5.97 Å². The highest BCUT2D eigenvalue weighted by Crippen LogP contribution is 2.29. The molecule has 5 heteroatoms. The summed E-state index contributed by atoms with van der Waals surface area (Å²) < 4.78 is 6.26. The van der Waals surface area contributed by atoms with Crippen molar-refractivity contribution in [2.24, 2.45) is 0 Å². The first kappa shape index (κ1) is 14.4. The quantitative estimate of drug-likeness (QED) is 0.871. The molecule has 0 fully saturated rings. The van der Waals surface area contributed by atoms with Crippen LogP contribution >= 0.6 is 27.7 Å². The zero-order valence-electron chi connectivity index (χ0n) is 9.77. The average molecular weight is 319 g/mol. The summed E-state index contributed by atoms with van der Waals surface area (Å²) in [6.45, 7) is 1.92. The second-order valence-electron chi connectivity index (χ2n) is 3.68. The molecule has 0 saturated heterocycles. The highest BCUT2D eigenvalue weighted by atomic mass is 79.9. The van der Waals surface area contributed by atoms with Crippen LogP contribution in [-0.4, -0.2) is 23.4 Å². The molecule has 0 aliphatic heterocycles. The van der Waals surface area contributed by atoms with E-state index in [-0.39, 0.29) is 11.7 Å². The Labute approximate surface area is 114 Å². The van der Waals surface area contributed by atoms with Crippen LogP contribution < -0.4 is 4.74 Å². The Hall–Kier alpha value is -0.680. The number of thioether (sulfide) groups is 1. The van der Waals surface area contributed by atoms with E-state index in [0.29, 0.717) is 0 Å². The van der Waals surface area contributed by atoms with E-state index in [9.17, 15) is 4.79 Å². The Balaban J connectivity index is 2.61. The van der Waals surface area contributed by atoms with E-state index in [1.54, 1.807) is 18.9 Å². The number of hydrogen-bond acceptors (Lipinski definition) is 3. The van der Waals surface area contributed by atoms with Crippen molar-refractivity contribution >= 4 is 33.7 Å². The van der Waals surface area contributed by atoms with Gasteiger partial charge in [-0.2, -0.15) is 11.8 Å². The van der Waals surface area contributed by atoms with Crippen LogP contribution in [0.4, 0.5) is 0 Å². The van der Waals surface area contributed by atoms with E-state index < -0.39 is 5.97 Å². The normalized spacial score (nSPS) is 12.2. The molecule has 0 bridgehead atoms.